The number of carbonyl (C=O) groups excluding carboxylic acids is 1. The minimum Gasteiger partial charge on any atom is -0.465 e. The molecule has 0 aliphatic rings. The molecule has 0 atom stereocenters. The summed E-state index contributed by atoms with van der Waals surface area (Å²) < 4.78 is 20.1. The van der Waals surface area contributed by atoms with Gasteiger partial charge in [-0.1, -0.05) is 12.1 Å². The summed E-state index contributed by atoms with van der Waals surface area (Å²) in [5.74, 6) is -0.689. The van der Waals surface area contributed by atoms with Crippen LogP contribution in [0.1, 0.15) is 16.1 Å². The Morgan fingerprint density at radius 3 is 2.71 bits per heavy atom. The molecule has 2 aromatic heterocycles. The molecule has 2 heterocycles. The van der Waals surface area contributed by atoms with Gasteiger partial charge in [0.05, 0.1) is 12.7 Å². The number of halogens is 1. The number of aromatic nitrogens is 3. The molecule has 0 amide bonds. The lowest BCUT2D eigenvalue weighted by molar-refractivity contribution is 0.0602. The molecular weight excluding hydrogens is 273 g/mol. The van der Waals surface area contributed by atoms with E-state index in [-0.39, 0.29) is 17.0 Å². The molecule has 0 bridgehead atoms. The number of carbonyl (C=O) groups is 1. The molecule has 0 N–H and O–H groups in total. The van der Waals surface area contributed by atoms with Crippen LogP contribution < -0.4 is 0 Å². The average Bonchev–Trinajstić information content (AvgIpc) is 2.93. The molecule has 3 aromatic rings. The van der Waals surface area contributed by atoms with Crippen molar-refractivity contribution in [1.29, 1.82) is 0 Å². The molecule has 0 saturated heterocycles. The van der Waals surface area contributed by atoms with E-state index in [1.807, 2.05) is 6.92 Å². The zero-order valence-corrected chi connectivity index (χ0v) is 11.5. The van der Waals surface area contributed by atoms with E-state index in [0.29, 0.717) is 5.65 Å². The van der Waals surface area contributed by atoms with Crippen LogP contribution in [0.3, 0.4) is 0 Å². The number of aryl methyl sites for hydroxylation is 1. The highest BCUT2D eigenvalue weighted by atomic mass is 19.1. The normalized spacial score (nSPS) is 10.8. The molecule has 106 valence electrons. The van der Waals surface area contributed by atoms with Crippen LogP contribution in [0.15, 0.2) is 36.4 Å². The summed E-state index contributed by atoms with van der Waals surface area (Å²) in [6.45, 7) is 1.83. The van der Waals surface area contributed by atoms with Crippen molar-refractivity contribution in [3.05, 3.63) is 53.5 Å². The van der Waals surface area contributed by atoms with Gasteiger partial charge in [0.2, 0.25) is 0 Å². The summed E-state index contributed by atoms with van der Waals surface area (Å²) in [7, 11) is 1.30. The van der Waals surface area contributed by atoms with Gasteiger partial charge in [-0.25, -0.2) is 18.7 Å². The van der Waals surface area contributed by atoms with Gasteiger partial charge in [0.1, 0.15) is 11.4 Å². The van der Waals surface area contributed by atoms with Crippen LogP contribution in [0.25, 0.3) is 17.0 Å². The number of rotatable bonds is 2. The maximum atomic E-state index is 13.8. The van der Waals surface area contributed by atoms with Crippen LogP contribution in [0.2, 0.25) is 0 Å². The molecule has 3 rings (SSSR count). The Bertz CT molecular complexity index is 842. The summed E-state index contributed by atoms with van der Waals surface area (Å²) in [4.78, 5) is 16.1. The lowest BCUT2D eigenvalue weighted by Crippen LogP contribution is -2.06. The van der Waals surface area contributed by atoms with Crippen molar-refractivity contribution in [2.75, 3.05) is 7.11 Å². The highest BCUT2D eigenvalue weighted by molar-refractivity contribution is 5.96. The molecule has 0 unspecified atom stereocenters. The van der Waals surface area contributed by atoms with Crippen molar-refractivity contribution < 1.29 is 13.9 Å². The smallest absolute Gasteiger partial charge is 0.341 e. The third-order valence-electron chi connectivity index (χ3n) is 3.19. The van der Waals surface area contributed by atoms with Gasteiger partial charge < -0.3 is 4.74 Å². The minimum atomic E-state index is -0.507. The number of benzene rings is 1. The zero-order valence-electron chi connectivity index (χ0n) is 11.5. The van der Waals surface area contributed by atoms with Crippen LogP contribution in [0, 0.1) is 12.7 Å². The molecule has 1 aromatic carbocycles. The molecule has 6 heteroatoms. The number of fused-ring (bicyclic) bond motifs is 1. The monoisotopic (exact) mass is 285 g/mol. The lowest BCUT2D eigenvalue weighted by atomic mass is 10.2. The van der Waals surface area contributed by atoms with E-state index < -0.39 is 11.8 Å². The maximum Gasteiger partial charge on any atom is 0.341 e. The van der Waals surface area contributed by atoms with Gasteiger partial charge in [-0.15, -0.1) is 5.10 Å². The number of nitrogens with zero attached hydrogens (tertiary/aromatic N) is 3. The van der Waals surface area contributed by atoms with Crippen LogP contribution in [-0.4, -0.2) is 27.7 Å². The Kier molecular flexibility index (Phi) is 3.13. The first kappa shape index (κ1) is 13.2. The van der Waals surface area contributed by atoms with Crippen molar-refractivity contribution >= 4 is 11.6 Å². The molecule has 0 aliphatic heterocycles. The van der Waals surface area contributed by atoms with Crippen LogP contribution in [-0.2, 0) is 4.74 Å². The standard InChI is InChI=1S/C15H12FN3O2/c1-9-7-8-11(15(20)21-2)14-17-13(18-19(9)14)10-5-3-4-6-12(10)16/h3-8H,1-2H3. The highest BCUT2D eigenvalue weighted by Gasteiger charge is 2.18. The largest absolute Gasteiger partial charge is 0.465 e. The lowest BCUT2D eigenvalue weighted by Gasteiger charge is -2.02. The van der Waals surface area contributed by atoms with E-state index in [2.05, 4.69) is 10.1 Å². The van der Waals surface area contributed by atoms with Crippen molar-refractivity contribution in [3.8, 4) is 11.4 Å². The van der Waals surface area contributed by atoms with Gasteiger partial charge in [-0.2, -0.15) is 0 Å². The van der Waals surface area contributed by atoms with Crippen LogP contribution in [0.4, 0.5) is 4.39 Å². The van der Waals surface area contributed by atoms with E-state index in [1.165, 1.54) is 17.7 Å². The van der Waals surface area contributed by atoms with Crippen LogP contribution in [0.5, 0.6) is 0 Å². The van der Waals surface area contributed by atoms with E-state index in [0.717, 1.165) is 5.69 Å². The molecular formula is C15H12FN3O2. The number of hydrogen-bond acceptors (Lipinski definition) is 4. The van der Waals surface area contributed by atoms with E-state index >= 15 is 0 Å². The Labute approximate surface area is 120 Å². The minimum absolute atomic E-state index is 0.229. The summed E-state index contributed by atoms with van der Waals surface area (Å²) in [5.41, 5.74) is 1.71. The highest BCUT2D eigenvalue weighted by Crippen LogP contribution is 2.22. The predicted octanol–water partition coefficient (Wildman–Crippen LogP) is 2.63. The second kappa shape index (κ2) is 4.97. The Balaban J connectivity index is 2.27. The summed E-state index contributed by atoms with van der Waals surface area (Å²) >= 11 is 0. The van der Waals surface area contributed by atoms with Gasteiger partial charge in [-0.05, 0) is 31.2 Å². The zero-order chi connectivity index (χ0) is 15.0. The van der Waals surface area contributed by atoms with Gasteiger partial charge in [0.25, 0.3) is 0 Å². The second-order valence-corrected chi connectivity index (χ2v) is 4.53. The Morgan fingerprint density at radius 1 is 1.24 bits per heavy atom. The molecule has 0 aliphatic carbocycles. The molecule has 0 saturated carbocycles. The topological polar surface area (TPSA) is 56.5 Å². The third kappa shape index (κ3) is 2.14. The van der Waals surface area contributed by atoms with Gasteiger partial charge >= 0.3 is 5.97 Å². The number of ether oxygens (including phenoxy) is 1. The number of methoxy groups -OCH3 is 1. The van der Waals surface area contributed by atoms with Crippen molar-refractivity contribution in [2.24, 2.45) is 0 Å². The first-order valence-electron chi connectivity index (χ1n) is 6.31. The fraction of sp³-hybridized carbons (Fsp3) is 0.133. The number of hydrogen-bond donors (Lipinski definition) is 0. The van der Waals surface area contributed by atoms with Gasteiger partial charge in [-0.3, -0.25) is 0 Å². The van der Waals surface area contributed by atoms with Crippen molar-refractivity contribution in [2.45, 2.75) is 6.92 Å². The molecule has 21 heavy (non-hydrogen) atoms. The molecule has 5 nitrogen and oxygen atoms in total. The predicted molar refractivity (Wildman–Crippen MR) is 74.5 cm³/mol. The SMILES string of the molecule is COC(=O)c1ccc(C)n2nc(-c3ccccc3F)nc12. The fourth-order valence-electron chi connectivity index (χ4n) is 2.11. The molecule has 0 radical (unpaired) electrons. The van der Waals surface area contributed by atoms with E-state index in [1.54, 1.807) is 30.3 Å². The van der Waals surface area contributed by atoms with Crippen molar-refractivity contribution in [1.82, 2.24) is 14.6 Å². The van der Waals surface area contributed by atoms with Gasteiger partial charge in [0.15, 0.2) is 11.5 Å². The van der Waals surface area contributed by atoms with E-state index in [9.17, 15) is 9.18 Å². The number of pyridine rings is 1. The fourth-order valence-corrected chi connectivity index (χ4v) is 2.11. The first-order chi connectivity index (χ1) is 10.1. The molecule has 0 fully saturated rings. The maximum absolute atomic E-state index is 13.8. The van der Waals surface area contributed by atoms with Crippen LogP contribution >= 0.6 is 0 Å². The van der Waals surface area contributed by atoms with E-state index in [4.69, 9.17) is 4.74 Å². The Morgan fingerprint density at radius 2 is 2.00 bits per heavy atom. The first-order valence-corrected chi connectivity index (χ1v) is 6.31. The quantitative estimate of drug-likeness (QED) is 0.679. The summed E-state index contributed by atoms with van der Waals surface area (Å²) in [5, 5.41) is 4.28. The third-order valence-corrected chi connectivity index (χ3v) is 3.19. The Hall–Kier alpha value is -2.76. The molecule has 0 spiro atoms. The van der Waals surface area contributed by atoms with Gasteiger partial charge in [0, 0.05) is 5.69 Å². The summed E-state index contributed by atoms with van der Waals surface area (Å²) in [6.07, 6.45) is 0. The van der Waals surface area contributed by atoms with Crippen molar-refractivity contribution in [3.63, 3.8) is 0 Å². The second-order valence-electron chi connectivity index (χ2n) is 4.53. The number of esters is 1. The average molecular weight is 285 g/mol. The summed E-state index contributed by atoms with van der Waals surface area (Å²) in [6, 6.07) is 9.60.